The summed E-state index contributed by atoms with van der Waals surface area (Å²) in [5.41, 5.74) is -1.55. The van der Waals surface area contributed by atoms with Gasteiger partial charge in [0.1, 0.15) is 6.07 Å². The number of carbonyl (C=O) groups is 2. The molecule has 0 aromatic heterocycles. The molecule has 5 nitrogen and oxygen atoms in total. The van der Waals surface area contributed by atoms with Gasteiger partial charge in [-0.25, -0.2) is 4.79 Å². The molecule has 0 aromatic carbocycles. The molecular formula is C12H20N2O3. The van der Waals surface area contributed by atoms with Gasteiger partial charge >= 0.3 is 5.97 Å². The minimum atomic E-state index is -1.55. The number of nitrogens with one attached hydrogen (secondary N) is 1. The molecule has 1 atom stereocenters. The van der Waals surface area contributed by atoms with Crippen LogP contribution in [0, 0.1) is 17.2 Å². The van der Waals surface area contributed by atoms with Crippen molar-refractivity contribution in [1.29, 1.82) is 5.26 Å². The van der Waals surface area contributed by atoms with Crippen LogP contribution in [0.2, 0.25) is 0 Å². The first-order valence-corrected chi connectivity index (χ1v) is 5.75. The predicted molar refractivity (Wildman–Crippen MR) is 62.9 cm³/mol. The Balaban J connectivity index is 4.94. The van der Waals surface area contributed by atoms with Crippen molar-refractivity contribution in [3.05, 3.63) is 0 Å². The van der Waals surface area contributed by atoms with Crippen molar-refractivity contribution in [2.75, 3.05) is 6.61 Å². The third-order valence-electron chi connectivity index (χ3n) is 2.30. The van der Waals surface area contributed by atoms with E-state index >= 15 is 0 Å². The minimum absolute atomic E-state index is 0.184. The standard InChI is InChI=1S/C12H20N2O3/c1-5-17-11(16)12(8-13,14-10(4)15)7-6-9(2)3/h9H,5-7H2,1-4H3,(H,14,15). The van der Waals surface area contributed by atoms with Crippen LogP contribution in [0.15, 0.2) is 0 Å². The van der Waals surface area contributed by atoms with Crippen LogP contribution in [0.3, 0.4) is 0 Å². The quantitative estimate of drug-likeness (QED) is 0.711. The summed E-state index contributed by atoms with van der Waals surface area (Å²) in [6, 6.07) is 1.88. The summed E-state index contributed by atoms with van der Waals surface area (Å²) in [5.74, 6) is -0.757. The molecule has 0 saturated heterocycles. The summed E-state index contributed by atoms with van der Waals surface area (Å²) in [5, 5.41) is 11.6. The molecule has 0 aliphatic rings. The van der Waals surface area contributed by atoms with Gasteiger partial charge in [-0.15, -0.1) is 0 Å². The van der Waals surface area contributed by atoms with Crippen LogP contribution >= 0.6 is 0 Å². The van der Waals surface area contributed by atoms with Gasteiger partial charge in [0, 0.05) is 6.92 Å². The highest BCUT2D eigenvalue weighted by atomic mass is 16.5. The van der Waals surface area contributed by atoms with Crippen LogP contribution in [0.4, 0.5) is 0 Å². The SMILES string of the molecule is CCOC(=O)C(C#N)(CCC(C)C)NC(C)=O. The zero-order chi connectivity index (χ0) is 13.5. The molecule has 17 heavy (non-hydrogen) atoms. The first kappa shape index (κ1) is 15.4. The van der Waals surface area contributed by atoms with Crippen LogP contribution in [0.25, 0.3) is 0 Å². The Bertz CT molecular complexity index is 320. The van der Waals surface area contributed by atoms with Gasteiger partial charge in [0.25, 0.3) is 0 Å². The summed E-state index contributed by atoms with van der Waals surface area (Å²) in [6.07, 6.45) is 0.923. The topological polar surface area (TPSA) is 79.2 Å². The molecule has 0 aliphatic heterocycles. The lowest BCUT2D eigenvalue weighted by atomic mass is 9.91. The van der Waals surface area contributed by atoms with Crippen molar-refractivity contribution in [2.45, 2.75) is 46.1 Å². The lowest BCUT2D eigenvalue weighted by Gasteiger charge is -2.25. The third-order valence-corrected chi connectivity index (χ3v) is 2.30. The fraction of sp³-hybridized carbons (Fsp3) is 0.750. The molecule has 0 rings (SSSR count). The van der Waals surface area contributed by atoms with Crippen LogP contribution in [-0.2, 0) is 14.3 Å². The summed E-state index contributed by atoms with van der Waals surface area (Å²) in [7, 11) is 0. The maximum atomic E-state index is 11.8. The number of carbonyl (C=O) groups excluding carboxylic acids is 2. The molecule has 0 fully saturated rings. The van der Waals surface area contributed by atoms with E-state index < -0.39 is 17.4 Å². The van der Waals surface area contributed by atoms with Gasteiger partial charge in [-0.1, -0.05) is 13.8 Å². The average Bonchev–Trinajstić information content (AvgIpc) is 2.23. The second-order valence-electron chi connectivity index (χ2n) is 4.35. The molecular weight excluding hydrogens is 220 g/mol. The second-order valence-corrected chi connectivity index (χ2v) is 4.35. The first-order valence-electron chi connectivity index (χ1n) is 5.75. The molecule has 1 amide bonds. The van der Waals surface area contributed by atoms with Gasteiger partial charge in [0.2, 0.25) is 11.4 Å². The van der Waals surface area contributed by atoms with E-state index in [9.17, 15) is 9.59 Å². The maximum Gasteiger partial charge on any atom is 0.346 e. The number of nitrogens with zero attached hydrogens (tertiary/aromatic N) is 1. The minimum Gasteiger partial charge on any atom is -0.463 e. The monoisotopic (exact) mass is 240 g/mol. The maximum absolute atomic E-state index is 11.8. The van der Waals surface area contributed by atoms with Crippen LogP contribution < -0.4 is 5.32 Å². The van der Waals surface area contributed by atoms with Gasteiger partial charge in [-0.3, -0.25) is 4.79 Å². The molecule has 96 valence electrons. The first-order chi connectivity index (χ1) is 7.88. The van der Waals surface area contributed by atoms with E-state index in [-0.39, 0.29) is 13.0 Å². The van der Waals surface area contributed by atoms with E-state index in [1.165, 1.54) is 6.92 Å². The average molecular weight is 240 g/mol. The van der Waals surface area contributed by atoms with Crippen molar-refractivity contribution in [3.8, 4) is 6.07 Å². The van der Waals surface area contributed by atoms with E-state index in [0.717, 1.165) is 0 Å². The molecule has 0 bridgehead atoms. The number of esters is 1. The van der Waals surface area contributed by atoms with Crippen molar-refractivity contribution >= 4 is 11.9 Å². The van der Waals surface area contributed by atoms with Gasteiger partial charge in [0.15, 0.2) is 0 Å². The molecule has 1 unspecified atom stereocenters. The summed E-state index contributed by atoms with van der Waals surface area (Å²) >= 11 is 0. The van der Waals surface area contributed by atoms with Crippen molar-refractivity contribution < 1.29 is 14.3 Å². The summed E-state index contributed by atoms with van der Waals surface area (Å²) < 4.78 is 4.86. The van der Waals surface area contributed by atoms with Crippen molar-refractivity contribution in [3.63, 3.8) is 0 Å². The van der Waals surface area contributed by atoms with Crippen LogP contribution in [0.1, 0.15) is 40.5 Å². The number of hydrogen-bond acceptors (Lipinski definition) is 4. The van der Waals surface area contributed by atoms with Gasteiger partial charge in [-0.2, -0.15) is 5.26 Å². The number of amides is 1. The van der Waals surface area contributed by atoms with Crippen molar-refractivity contribution in [2.24, 2.45) is 5.92 Å². The third kappa shape index (κ3) is 4.85. The van der Waals surface area contributed by atoms with Crippen LogP contribution in [0.5, 0.6) is 0 Å². The Hall–Kier alpha value is -1.57. The molecule has 0 aliphatic carbocycles. The number of rotatable bonds is 6. The number of hydrogen-bond donors (Lipinski definition) is 1. The highest BCUT2D eigenvalue weighted by molar-refractivity contribution is 5.90. The van der Waals surface area contributed by atoms with Gasteiger partial charge < -0.3 is 10.1 Å². The zero-order valence-electron chi connectivity index (χ0n) is 10.9. The van der Waals surface area contributed by atoms with E-state index in [1.54, 1.807) is 6.92 Å². The van der Waals surface area contributed by atoms with E-state index in [4.69, 9.17) is 10.00 Å². The molecule has 0 aromatic rings. The number of nitriles is 1. The van der Waals surface area contributed by atoms with E-state index in [0.29, 0.717) is 12.3 Å². The zero-order valence-corrected chi connectivity index (χ0v) is 10.9. The molecule has 5 heteroatoms. The van der Waals surface area contributed by atoms with Gasteiger partial charge in [-0.05, 0) is 25.7 Å². The normalized spacial score (nSPS) is 13.6. The molecule has 1 N–H and O–H groups in total. The fourth-order valence-corrected chi connectivity index (χ4v) is 1.41. The largest absolute Gasteiger partial charge is 0.463 e. The van der Waals surface area contributed by atoms with Crippen molar-refractivity contribution in [1.82, 2.24) is 5.32 Å². The Morgan fingerprint density at radius 2 is 2.06 bits per heavy atom. The summed E-state index contributed by atoms with van der Waals surface area (Å²) in [6.45, 7) is 7.10. The molecule has 0 radical (unpaired) electrons. The highest BCUT2D eigenvalue weighted by Crippen LogP contribution is 2.18. The second kappa shape index (κ2) is 6.89. The van der Waals surface area contributed by atoms with E-state index in [2.05, 4.69) is 5.32 Å². The Kier molecular flexibility index (Phi) is 6.26. The lowest BCUT2D eigenvalue weighted by Crippen LogP contribution is -2.54. The van der Waals surface area contributed by atoms with Crippen LogP contribution in [-0.4, -0.2) is 24.0 Å². The summed E-state index contributed by atoms with van der Waals surface area (Å²) in [4.78, 5) is 22.9. The smallest absolute Gasteiger partial charge is 0.346 e. The Labute approximate surface area is 102 Å². The molecule has 0 spiro atoms. The molecule has 0 heterocycles. The molecule has 0 saturated carbocycles. The highest BCUT2D eigenvalue weighted by Gasteiger charge is 2.41. The fourth-order valence-electron chi connectivity index (χ4n) is 1.41. The Morgan fingerprint density at radius 3 is 2.41 bits per heavy atom. The predicted octanol–water partition coefficient (Wildman–Crippen LogP) is 1.38. The lowest BCUT2D eigenvalue weighted by molar-refractivity contribution is -0.150. The Morgan fingerprint density at radius 1 is 1.47 bits per heavy atom. The number of ether oxygens (including phenoxy) is 1. The van der Waals surface area contributed by atoms with E-state index in [1.807, 2.05) is 19.9 Å². The van der Waals surface area contributed by atoms with Gasteiger partial charge in [0.05, 0.1) is 6.61 Å².